The molecule has 0 aromatic carbocycles. The molecule has 2 unspecified atom stereocenters. The molecule has 0 spiro atoms. The van der Waals surface area contributed by atoms with E-state index < -0.39 is 0 Å². The summed E-state index contributed by atoms with van der Waals surface area (Å²) in [5.41, 5.74) is 7.00. The summed E-state index contributed by atoms with van der Waals surface area (Å²) in [4.78, 5) is 4.41. The summed E-state index contributed by atoms with van der Waals surface area (Å²) in [7, 11) is 0. The highest BCUT2D eigenvalue weighted by molar-refractivity contribution is 7.09. The molecule has 2 N–H and O–H groups in total. The van der Waals surface area contributed by atoms with E-state index in [0.717, 1.165) is 12.8 Å². The average Bonchev–Trinajstić information content (AvgIpc) is 2.68. The highest BCUT2D eigenvalue weighted by atomic mass is 32.1. The SMILES string of the molecule is CC(C)(C)C1CCCCC1(N)Cc1nccs1. The number of hydrogen-bond acceptors (Lipinski definition) is 3. The number of rotatable bonds is 2. The van der Waals surface area contributed by atoms with Gasteiger partial charge in [-0.05, 0) is 24.2 Å². The molecule has 0 saturated heterocycles. The van der Waals surface area contributed by atoms with Gasteiger partial charge in [0.1, 0.15) is 0 Å². The molecular formula is C14H24N2S. The molecule has 17 heavy (non-hydrogen) atoms. The third kappa shape index (κ3) is 2.89. The maximum Gasteiger partial charge on any atom is 0.0943 e. The van der Waals surface area contributed by atoms with Crippen LogP contribution < -0.4 is 5.73 Å². The molecule has 1 aliphatic carbocycles. The van der Waals surface area contributed by atoms with Crippen LogP contribution in [0.1, 0.15) is 51.5 Å². The Hall–Kier alpha value is -0.410. The molecule has 0 aliphatic heterocycles. The molecule has 2 rings (SSSR count). The standard InChI is InChI=1S/C14H24N2S/c1-13(2,3)11-6-4-5-7-14(11,15)10-12-16-8-9-17-12/h8-9,11H,4-7,10,15H2,1-3H3. The van der Waals surface area contributed by atoms with Crippen molar-refractivity contribution >= 4 is 11.3 Å². The van der Waals surface area contributed by atoms with Crippen molar-refractivity contribution in [3.8, 4) is 0 Å². The van der Waals surface area contributed by atoms with Gasteiger partial charge in [-0.2, -0.15) is 0 Å². The molecule has 0 amide bonds. The molecule has 96 valence electrons. The average molecular weight is 252 g/mol. The number of aromatic nitrogens is 1. The second-order valence-electron chi connectivity index (χ2n) is 6.50. The Morgan fingerprint density at radius 2 is 2.24 bits per heavy atom. The van der Waals surface area contributed by atoms with Crippen molar-refractivity contribution in [2.45, 2.75) is 58.4 Å². The van der Waals surface area contributed by atoms with Gasteiger partial charge < -0.3 is 5.73 Å². The molecule has 1 fully saturated rings. The first-order chi connectivity index (χ1) is 7.92. The van der Waals surface area contributed by atoms with Crippen molar-refractivity contribution in [1.29, 1.82) is 0 Å². The van der Waals surface area contributed by atoms with Crippen LogP contribution in [-0.4, -0.2) is 10.5 Å². The van der Waals surface area contributed by atoms with Gasteiger partial charge in [0.25, 0.3) is 0 Å². The van der Waals surface area contributed by atoms with E-state index in [1.807, 2.05) is 11.6 Å². The summed E-state index contributed by atoms with van der Waals surface area (Å²) < 4.78 is 0. The first-order valence-corrected chi connectivity index (χ1v) is 7.47. The second-order valence-corrected chi connectivity index (χ2v) is 7.48. The van der Waals surface area contributed by atoms with Gasteiger partial charge >= 0.3 is 0 Å². The van der Waals surface area contributed by atoms with Crippen LogP contribution in [0, 0.1) is 11.3 Å². The molecule has 2 nitrogen and oxygen atoms in total. The number of nitrogens with zero attached hydrogens (tertiary/aromatic N) is 1. The third-order valence-electron chi connectivity index (χ3n) is 4.09. The summed E-state index contributed by atoms with van der Waals surface area (Å²) in [6.45, 7) is 6.98. The predicted octanol–water partition coefficient (Wildman–Crippen LogP) is 3.62. The van der Waals surface area contributed by atoms with Gasteiger partial charge in [-0.3, -0.25) is 0 Å². The van der Waals surface area contributed by atoms with E-state index in [4.69, 9.17) is 5.73 Å². The molecular weight excluding hydrogens is 228 g/mol. The van der Waals surface area contributed by atoms with E-state index in [2.05, 4.69) is 25.8 Å². The quantitative estimate of drug-likeness (QED) is 0.873. The zero-order valence-electron chi connectivity index (χ0n) is 11.2. The van der Waals surface area contributed by atoms with Crippen LogP contribution in [0.4, 0.5) is 0 Å². The van der Waals surface area contributed by atoms with Crippen molar-refractivity contribution in [2.24, 2.45) is 17.1 Å². The Balaban J connectivity index is 2.19. The first-order valence-electron chi connectivity index (χ1n) is 6.59. The third-order valence-corrected chi connectivity index (χ3v) is 4.87. The Bertz CT molecular complexity index is 353. The summed E-state index contributed by atoms with van der Waals surface area (Å²) in [5, 5.41) is 3.25. The maximum atomic E-state index is 6.75. The minimum absolute atomic E-state index is 0.0473. The molecule has 1 aliphatic rings. The van der Waals surface area contributed by atoms with E-state index in [1.54, 1.807) is 11.3 Å². The minimum Gasteiger partial charge on any atom is -0.324 e. The van der Waals surface area contributed by atoms with Gasteiger partial charge in [0.05, 0.1) is 5.01 Å². The van der Waals surface area contributed by atoms with Gasteiger partial charge in [-0.1, -0.05) is 33.6 Å². The van der Waals surface area contributed by atoms with Crippen LogP contribution in [0.3, 0.4) is 0 Å². The fourth-order valence-corrected chi connectivity index (χ4v) is 4.15. The number of hydrogen-bond donors (Lipinski definition) is 1. The van der Waals surface area contributed by atoms with Gasteiger partial charge in [-0.25, -0.2) is 4.98 Å². The van der Waals surface area contributed by atoms with Crippen LogP contribution in [0.2, 0.25) is 0 Å². The Morgan fingerprint density at radius 1 is 1.47 bits per heavy atom. The fourth-order valence-electron chi connectivity index (χ4n) is 3.39. The number of nitrogens with two attached hydrogens (primary N) is 1. The topological polar surface area (TPSA) is 38.9 Å². The van der Waals surface area contributed by atoms with Gasteiger partial charge in [0.15, 0.2) is 0 Å². The largest absolute Gasteiger partial charge is 0.324 e. The molecule has 1 heterocycles. The van der Waals surface area contributed by atoms with Crippen LogP contribution in [0.25, 0.3) is 0 Å². The minimum atomic E-state index is -0.0473. The van der Waals surface area contributed by atoms with Gasteiger partial charge in [-0.15, -0.1) is 11.3 Å². The number of thiazole rings is 1. The van der Waals surface area contributed by atoms with E-state index in [1.165, 1.54) is 24.3 Å². The lowest BCUT2D eigenvalue weighted by Gasteiger charge is -2.47. The highest BCUT2D eigenvalue weighted by Crippen LogP contribution is 2.44. The lowest BCUT2D eigenvalue weighted by atomic mass is 9.61. The summed E-state index contributed by atoms with van der Waals surface area (Å²) in [5.74, 6) is 0.604. The summed E-state index contributed by atoms with van der Waals surface area (Å²) >= 11 is 1.74. The van der Waals surface area contributed by atoms with Crippen LogP contribution in [0.15, 0.2) is 11.6 Å². The summed E-state index contributed by atoms with van der Waals surface area (Å²) in [6.07, 6.45) is 7.86. The predicted molar refractivity (Wildman–Crippen MR) is 74.1 cm³/mol. The summed E-state index contributed by atoms with van der Waals surface area (Å²) in [6, 6.07) is 0. The molecule has 1 saturated carbocycles. The van der Waals surface area contributed by atoms with Crippen LogP contribution in [0.5, 0.6) is 0 Å². The van der Waals surface area contributed by atoms with E-state index in [9.17, 15) is 0 Å². The monoisotopic (exact) mass is 252 g/mol. The van der Waals surface area contributed by atoms with Crippen molar-refractivity contribution < 1.29 is 0 Å². The molecule has 1 aromatic heterocycles. The molecule has 0 radical (unpaired) electrons. The highest BCUT2D eigenvalue weighted by Gasteiger charge is 2.43. The molecule has 3 heteroatoms. The lowest BCUT2D eigenvalue weighted by Crippen LogP contribution is -2.55. The Labute approximate surface area is 109 Å². The van der Waals surface area contributed by atoms with Crippen molar-refractivity contribution in [3.63, 3.8) is 0 Å². The molecule has 1 aromatic rings. The van der Waals surface area contributed by atoms with Gasteiger partial charge in [0.2, 0.25) is 0 Å². The Kier molecular flexibility index (Phi) is 3.60. The smallest absolute Gasteiger partial charge is 0.0943 e. The van der Waals surface area contributed by atoms with Crippen molar-refractivity contribution in [2.75, 3.05) is 0 Å². The zero-order chi connectivity index (χ0) is 12.5. The maximum absolute atomic E-state index is 6.75. The van der Waals surface area contributed by atoms with Crippen LogP contribution >= 0.6 is 11.3 Å². The van der Waals surface area contributed by atoms with Crippen LogP contribution in [-0.2, 0) is 6.42 Å². The fraction of sp³-hybridized carbons (Fsp3) is 0.786. The van der Waals surface area contributed by atoms with E-state index in [-0.39, 0.29) is 5.54 Å². The van der Waals surface area contributed by atoms with Gasteiger partial charge in [0, 0.05) is 23.5 Å². The first kappa shape index (κ1) is 13.0. The van der Waals surface area contributed by atoms with E-state index >= 15 is 0 Å². The van der Waals surface area contributed by atoms with E-state index in [0.29, 0.717) is 11.3 Å². The second kappa shape index (κ2) is 4.69. The Morgan fingerprint density at radius 3 is 2.82 bits per heavy atom. The normalized spacial score (nSPS) is 30.5. The lowest BCUT2D eigenvalue weighted by molar-refractivity contribution is 0.0793. The van der Waals surface area contributed by atoms with Crippen molar-refractivity contribution in [1.82, 2.24) is 4.98 Å². The molecule has 0 bridgehead atoms. The zero-order valence-corrected chi connectivity index (χ0v) is 12.0. The van der Waals surface area contributed by atoms with Crippen molar-refractivity contribution in [3.05, 3.63) is 16.6 Å². The molecule has 2 atom stereocenters.